The topological polar surface area (TPSA) is 46.9 Å². The molecule has 4 heteroatoms. The summed E-state index contributed by atoms with van der Waals surface area (Å²) in [5.41, 5.74) is 0. The van der Waals surface area contributed by atoms with Crippen molar-refractivity contribution in [3.63, 3.8) is 0 Å². The lowest BCUT2D eigenvalue weighted by Gasteiger charge is -2.08. The van der Waals surface area contributed by atoms with Gasteiger partial charge in [0.15, 0.2) is 0 Å². The standard InChI is InChI=1S/C12H28N2O2/c1-13(15)11-9-7-5-3-4-6-8-10-12-14(2)16/h15-16H,3-12H2,1-2H3. The zero-order valence-electron chi connectivity index (χ0n) is 10.9. The summed E-state index contributed by atoms with van der Waals surface area (Å²) in [4.78, 5) is 0. The van der Waals surface area contributed by atoms with E-state index >= 15 is 0 Å². The summed E-state index contributed by atoms with van der Waals surface area (Å²) in [5, 5.41) is 20.3. The van der Waals surface area contributed by atoms with Crippen LogP contribution in [-0.2, 0) is 0 Å². The van der Waals surface area contributed by atoms with Gasteiger partial charge in [-0.25, -0.2) is 0 Å². The summed E-state index contributed by atoms with van der Waals surface area (Å²) in [6, 6.07) is 0. The minimum absolute atomic E-state index is 0.781. The van der Waals surface area contributed by atoms with E-state index in [1.807, 2.05) is 0 Å². The van der Waals surface area contributed by atoms with Crippen LogP contribution in [0.2, 0.25) is 0 Å². The minimum atomic E-state index is 0.781. The van der Waals surface area contributed by atoms with Crippen molar-refractivity contribution >= 4 is 0 Å². The quantitative estimate of drug-likeness (QED) is 0.425. The Morgan fingerprint density at radius 1 is 0.562 bits per heavy atom. The van der Waals surface area contributed by atoms with Crippen LogP contribution in [0.25, 0.3) is 0 Å². The van der Waals surface area contributed by atoms with E-state index in [2.05, 4.69) is 0 Å². The van der Waals surface area contributed by atoms with Gasteiger partial charge < -0.3 is 10.4 Å². The fraction of sp³-hybridized carbons (Fsp3) is 1.00. The first-order chi connectivity index (χ1) is 7.63. The maximum Gasteiger partial charge on any atom is 0.0235 e. The van der Waals surface area contributed by atoms with Gasteiger partial charge in [0.05, 0.1) is 0 Å². The molecule has 16 heavy (non-hydrogen) atoms. The average molecular weight is 232 g/mol. The lowest BCUT2D eigenvalue weighted by molar-refractivity contribution is -0.0659. The van der Waals surface area contributed by atoms with E-state index in [4.69, 9.17) is 10.4 Å². The number of hydrogen-bond donors (Lipinski definition) is 2. The van der Waals surface area contributed by atoms with Crippen molar-refractivity contribution in [2.24, 2.45) is 0 Å². The minimum Gasteiger partial charge on any atom is -0.314 e. The number of hydroxylamine groups is 4. The molecule has 0 amide bonds. The molecule has 0 rings (SSSR count). The molecule has 4 nitrogen and oxygen atoms in total. The van der Waals surface area contributed by atoms with E-state index in [0.29, 0.717) is 0 Å². The third-order valence-electron chi connectivity index (χ3n) is 2.71. The molecule has 0 bridgehead atoms. The molecule has 0 spiro atoms. The molecule has 0 aromatic rings. The Morgan fingerprint density at radius 2 is 0.812 bits per heavy atom. The van der Waals surface area contributed by atoms with Crippen LogP contribution in [-0.4, -0.2) is 47.7 Å². The number of unbranched alkanes of at least 4 members (excludes halogenated alkanes) is 7. The van der Waals surface area contributed by atoms with Gasteiger partial charge in [0.1, 0.15) is 0 Å². The fourth-order valence-electron chi connectivity index (χ4n) is 1.74. The predicted octanol–water partition coefficient (Wildman–Crippen LogP) is 2.75. The molecule has 98 valence electrons. The molecule has 0 aliphatic carbocycles. The first-order valence-corrected chi connectivity index (χ1v) is 6.43. The second kappa shape index (κ2) is 11.3. The fourth-order valence-corrected chi connectivity index (χ4v) is 1.74. The summed E-state index contributed by atoms with van der Waals surface area (Å²) in [5.74, 6) is 0. The van der Waals surface area contributed by atoms with Gasteiger partial charge >= 0.3 is 0 Å². The van der Waals surface area contributed by atoms with Crippen molar-refractivity contribution in [2.45, 2.75) is 51.4 Å². The highest BCUT2D eigenvalue weighted by atomic mass is 16.5. The van der Waals surface area contributed by atoms with Crippen LogP contribution >= 0.6 is 0 Å². The van der Waals surface area contributed by atoms with Crippen molar-refractivity contribution in [3.05, 3.63) is 0 Å². The second-order valence-corrected chi connectivity index (χ2v) is 4.59. The smallest absolute Gasteiger partial charge is 0.0235 e. The molecular weight excluding hydrogens is 204 g/mol. The van der Waals surface area contributed by atoms with Gasteiger partial charge in [-0.2, -0.15) is 10.1 Å². The van der Waals surface area contributed by atoms with Crippen LogP contribution in [0.3, 0.4) is 0 Å². The highest BCUT2D eigenvalue weighted by Crippen LogP contribution is 2.08. The Bertz CT molecular complexity index is 125. The molecule has 0 unspecified atom stereocenters. The van der Waals surface area contributed by atoms with Gasteiger partial charge in [-0.3, -0.25) is 0 Å². The molecule has 0 heterocycles. The normalized spacial score (nSPS) is 11.6. The molecule has 0 fully saturated rings. The number of rotatable bonds is 11. The van der Waals surface area contributed by atoms with Crippen LogP contribution in [0, 0.1) is 0 Å². The number of nitrogens with zero attached hydrogens (tertiary/aromatic N) is 2. The average Bonchev–Trinajstić information content (AvgIpc) is 2.20. The maximum absolute atomic E-state index is 8.91. The molecular formula is C12H28N2O2. The van der Waals surface area contributed by atoms with Gasteiger partial charge in [0.2, 0.25) is 0 Å². The zero-order chi connectivity index (χ0) is 12.2. The van der Waals surface area contributed by atoms with E-state index in [1.165, 1.54) is 48.7 Å². The van der Waals surface area contributed by atoms with Crippen molar-refractivity contribution in [3.8, 4) is 0 Å². The predicted molar refractivity (Wildman–Crippen MR) is 65.8 cm³/mol. The second-order valence-electron chi connectivity index (χ2n) is 4.59. The van der Waals surface area contributed by atoms with Crippen molar-refractivity contribution in [1.82, 2.24) is 10.1 Å². The van der Waals surface area contributed by atoms with Crippen molar-refractivity contribution in [1.29, 1.82) is 0 Å². The molecule has 0 aliphatic heterocycles. The van der Waals surface area contributed by atoms with Gasteiger partial charge in [0, 0.05) is 27.2 Å². The molecule has 0 saturated carbocycles. The van der Waals surface area contributed by atoms with Gasteiger partial charge in [-0.1, -0.05) is 38.5 Å². The van der Waals surface area contributed by atoms with E-state index in [0.717, 1.165) is 25.9 Å². The Balaban J connectivity index is 2.93. The largest absolute Gasteiger partial charge is 0.314 e. The van der Waals surface area contributed by atoms with E-state index in [9.17, 15) is 0 Å². The van der Waals surface area contributed by atoms with Gasteiger partial charge in [-0.05, 0) is 12.8 Å². The summed E-state index contributed by atoms with van der Waals surface area (Å²) in [6.07, 6.45) is 9.73. The lowest BCUT2D eigenvalue weighted by atomic mass is 10.1. The molecule has 0 aromatic carbocycles. The van der Waals surface area contributed by atoms with Crippen LogP contribution in [0.5, 0.6) is 0 Å². The van der Waals surface area contributed by atoms with E-state index in [-0.39, 0.29) is 0 Å². The van der Waals surface area contributed by atoms with Crippen LogP contribution < -0.4 is 0 Å². The molecule has 0 radical (unpaired) electrons. The summed E-state index contributed by atoms with van der Waals surface area (Å²) in [6.45, 7) is 1.56. The third kappa shape index (κ3) is 13.8. The molecule has 0 aliphatic rings. The van der Waals surface area contributed by atoms with E-state index in [1.54, 1.807) is 14.1 Å². The Morgan fingerprint density at radius 3 is 1.06 bits per heavy atom. The highest BCUT2D eigenvalue weighted by Gasteiger charge is 1.95. The molecule has 0 atom stereocenters. The van der Waals surface area contributed by atoms with Crippen molar-refractivity contribution in [2.75, 3.05) is 27.2 Å². The SMILES string of the molecule is CN(O)CCCCCCCCCCN(C)O. The third-order valence-corrected chi connectivity index (χ3v) is 2.71. The van der Waals surface area contributed by atoms with Crippen LogP contribution in [0.1, 0.15) is 51.4 Å². The Hall–Kier alpha value is -0.160. The summed E-state index contributed by atoms with van der Waals surface area (Å²) in [7, 11) is 3.39. The first-order valence-electron chi connectivity index (χ1n) is 6.43. The molecule has 0 aromatic heterocycles. The van der Waals surface area contributed by atoms with Gasteiger partial charge in [-0.15, -0.1) is 0 Å². The Labute approximate surface area is 99.8 Å². The molecule has 2 N–H and O–H groups in total. The van der Waals surface area contributed by atoms with Crippen LogP contribution in [0.15, 0.2) is 0 Å². The molecule has 0 saturated heterocycles. The van der Waals surface area contributed by atoms with Crippen LogP contribution in [0.4, 0.5) is 0 Å². The van der Waals surface area contributed by atoms with Crippen molar-refractivity contribution < 1.29 is 10.4 Å². The lowest BCUT2D eigenvalue weighted by Crippen LogP contribution is -2.13. The summed E-state index contributed by atoms with van der Waals surface area (Å²) >= 11 is 0. The summed E-state index contributed by atoms with van der Waals surface area (Å²) < 4.78 is 0. The van der Waals surface area contributed by atoms with Gasteiger partial charge in [0.25, 0.3) is 0 Å². The highest BCUT2D eigenvalue weighted by molar-refractivity contribution is 4.48. The Kier molecular flexibility index (Phi) is 11.2. The zero-order valence-corrected chi connectivity index (χ0v) is 10.9. The number of hydrogen-bond acceptors (Lipinski definition) is 4. The monoisotopic (exact) mass is 232 g/mol. The first kappa shape index (κ1) is 15.8. The maximum atomic E-state index is 8.91. The van der Waals surface area contributed by atoms with E-state index < -0.39 is 0 Å².